The van der Waals surface area contributed by atoms with E-state index in [1.807, 2.05) is 17.6 Å². The summed E-state index contributed by atoms with van der Waals surface area (Å²) in [7, 11) is 0. The largest absolute Gasteiger partial charge is 0.335 e. The molecule has 0 fully saturated rings. The number of nitrogens with zero attached hydrogens (tertiary/aromatic N) is 3. The molecular weight excluding hydrogens is 394 g/mol. The zero-order valence-electron chi connectivity index (χ0n) is 15.1. The second-order valence-corrected chi connectivity index (χ2v) is 7.29. The van der Waals surface area contributed by atoms with Gasteiger partial charge in [0.1, 0.15) is 5.69 Å². The third-order valence-electron chi connectivity index (χ3n) is 4.06. The number of rotatable bonds is 5. The van der Waals surface area contributed by atoms with Gasteiger partial charge in [0.15, 0.2) is 5.17 Å². The number of thioether (sulfide) groups is 1. The third-order valence-corrected chi connectivity index (χ3v) is 5.33. The van der Waals surface area contributed by atoms with Crippen molar-refractivity contribution in [1.29, 1.82) is 0 Å². The Kier molecular flexibility index (Phi) is 6.18. The van der Waals surface area contributed by atoms with E-state index in [9.17, 15) is 17.6 Å². The summed E-state index contributed by atoms with van der Waals surface area (Å²) in [6, 6.07) is 7.12. The first kappa shape index (κ1) is 20.1. The van der Waals surface area contributed by atoms with Crippen LogP contribution >= 0.6 is 11.8 Å². The molecule has 10 heteroatoms. The van der Waals surface area contributed by atoms with Gasteiger partial charge >= 0.3 is 0 Å². The van der Waals surface area contributed by atoms with Gasteiger partial charge in [-0.2, -0.15) is 27.6 Å². The number of halogens is 4. The van der Waals surface area contributed by atoms with Gasteiger partial charge in [-0.25, -0.2) is 0 Å². The molecule has 148 valence electrons. The summed E-state index contributed by atoms with van der Waals surface area (Å²) in [6.07, 6.45) is 1.05. The number of nitrogens with one attached hydrogen (secondary N) is 2. The standard InChI is InChI=1S/C18H17F4N5S/c1-3-12-8-23-18(28-12)24-11-6-4-10(5-7-11)9(2)26-27-15-13(19)16(21)25-17(22)14(15)20/h4-7,12H,3,8H2,1-2H3,(H,23,24)(H,25,27)/b26-9-/t12-/m0/s1. The summed E-state index contributed by atoms with van der Waals surface area (Å²) < 4.78 is 53.4. The van der Waals surface area contributed by atoms with E-state index in [0.717, 1.165) is 23.8 Å². The van der Waals surface area contributed by atoms with Gasteiger partial charge in [0.25, 0.3) is 11.9 Å². The Balaban J connectivity index is 1.69. The summed E-state index contributed by atoms with van der Waals surface area (Å²) in [5.74, 6) is -6.78. The topological polar surface area (TPSA) is 61.7 Å². The molecule has 0 bridgehead atoms. The molecule has 2 N–H and O–H groups in total. The number of amidine groups is 1. The van der Waals surface area contributed by atoms with Gasteiger partial charge < -0.3 is 5.32 Å². The quantitative estimate of drug-likeness (QED) is 0.322. The van der Waals surface area contributed by atoms with Crippen LogP contribution in [0, 0.1) is 23.5 Å². The summed E-state index contributed by atoms with van der Waals surface area (Å²) in [5.41, 5.74) is 2.84. The lowest BCUT2D eigenvalue weighted by Crippen LogP contribution is -2.08. The van der Waals surface area contributed by atoms with Crippen molar-refractivity contribution in [3.8, 4) is 0 Å². The summed E-state index contributed by atoms with van der Waals surface area (Å²) in [5, 5.41) is 8.38. The number of hydrogen-bond donors (Lipinski definition) is 2. The fourth-order valence-corrected chi connectivity index (χ4v) is 3.36. The highest BCUT2D eigenvalue weighted by molar-refractivity contribution is 8.15. The summed E-state index contributed by atoms with van der Waals surface area (Å²) >= 11 is 1.69. The van der Waals surface area contributed by atoms with Crippen LogP contribution in [0.15, 0.2) is 34.4 Å². The smallest absolute Gasteiger partial charge is 0.254 e. The molecule has 0 aliphatic carbocycles. The zero-order valence-corrected chi connectivity index (χ0v) is 15.9. The van der Waals surface area contributed by atoms with Crippen molar-refractivity contribution in [2.45, 2.75) is 25.5 Å². The first-order valence-corrected chi connectivity index (χ1v) is 9.35. The van der Waals surface area contributed by atoms with Gasteiger partial charge in [-0.1, -0.05) is 30.8 Å². The van der Waals surface area contributed by atoms with E-state index in [2.05, 4.69) is 27.3 Å². The molecule has 0 saturated carbocycles. The molecule has 0 amide bonds. The van der Waals surface area contributed by atoms with Crippen LogP contribution in [0.1, 0.15) is 25.8 Å². The number of aliphatic imine (C=N–C) groups is 1. The Morgan fingerprint density at radius 3 is 2.36 bits per heavy atom. The Labute approximate surface area is 163 Å². The molecule has 1 aliphatic rings. The van der Waals surface area contributed by atoms with Gasteiger partial charge in [-0.05, 0) is 31.0 Å². The van der Waals surface area contributed by atoms with Gasteiger partial charge in [-0.15, -0.1) is 0 Å². The molecule has 3 rings (SSSR count). The lowest BCUT2D eigenvalue weighted by Gasteiger charge is -2.09. The Morgan fingerprint density at radius 1 is 1.14 bits per heavy atom. The number of anilines is 2. The fraction of sp³-hybridized carbons (Fsp3) is 0.278. The Hall–Kier alpha value is -2.62. The van der Waals surface area contributed by atoms with Gasteiger partial charge in [0.2, 0.25) is 11.6 Å². The SMILES string of the molecule is CC[C@H]1CN=C(Nc2ccc(/C(C)=N\Nc3c(F)c(F)nc(F)c3F)cc2)S1. The minimum atomic E-state index is -1.75. The molecule has 1 aromatic heterocycles. The summed E-state index contributed by atoms with van der Waals surface area (Å²) in [6.45, 7) is 4.50. The first-order valence-electron chi connectivity index (χ1n) is 8.47. The molecule has 2 aromatic rings. The van der Waals surface area contributed by atoms with Crippen LogP contribution in [-0.2, 0) is 0 Å². The fourth-order valence-electron chi connectivity index (χ4n) is 2.41. The Bertz CT molecular complexity index is 904. The van der Waals surface area contributed by atoms with Gasteiger partial charge in [0, 0.05) is 10.9 Å². The highest BCUT2D eigenvalue weighted by Gasteiger charge is 2.20. The maximum absolute atomic E-state index is 13.6. The molecule has 5 nitrogen and oxygen atoms in total. The van der Waals surface area contributed by atoms with Crippen molar-refractivity contribution in [3.05, 3.63) is 53.4 Å². The van der Waals surface area contributed by atoms with Crippen molar-refractivity contribution in [3.63, 3.8) is 0 Å². The van der Waals surface area contributed by atoms with Crippen LogP contribution in [0.25, 0.3) is 0 Å². The van der Waals surface area contributed by atoms with E-state index in [1.54, 1.807) is 30.8 Å². The van der Waals surface area contributed by atoms with Crippen molar-refractivity contribution >= 4 is 34.0 Å². The van der Waals surface area contributed by atoms with Crippen LogP contribution in [0.5, 0.6) is 0 Å². The minimum absolute atomic E-state index is 0.363. The lowest BCUT2D eigenvalue weighted by atomic mass is 10.1. The van der Waals surface area contributed by atoms with Gasteiger partial charge in [-0.3, -0.25) is 10.4 Å². The molecule has 1 aliphatic heterocycles. The first-order chi connectivity index (χ1) is 13.4. The van der Waals surface area contributed by atoms with Crippen LogP contribution in [-0.4, -0.2) is 27.7 Å². The highest BCUT2D eigenvalue weighted by Crippen LogP contribution is 2.25. The number of hydrogen-bond acceptors (Lipinski definition) is 6. The molecule has 0 unspecified atom stereocenters. The molecule has 28 heavy (non-hydrogen) atoms. The van der Waals surface area contributed by atoms with E-state index in [-0.39, 0.29) is 0 Å². The van der Waals surface area contributed by atoms with E-state index in [4.69, 9.17) is 0 Å². The maximum atomic E-state index is 13.6. The average molecular weight is 411 g/mol. The number of pyridine rings is 1. The average Bonchev–Trinajstić information content (AvgIpc) is 3.14. The molecule has 1 aromatic carbocycles. The molecule has 0 spiro atoms. The minimum Gasteiger partial charge on any atom is -0.335 e. The Morgan fingerprint density at radius 2 is 1.79 bits per heavy atom. The molecular formula is C18H17F4N5S. The monoisotopic (exact) mass is 411 g/mol. The van der Waals surface area contributed by atoms with Crippen molar-refractivity contribution in [1.82, 2.24) is 4.98 Å². The second kappa shape index (κ2) is 8.59. The number of hydrazone groups is 1. The normalized spacial score (nSPS) is 16.9. The maximum Gasteiger partial charge on any atom is 0.254 e. The van der Waals surface area contributed by atoms with E-state index in [0.29, 0.717) is 16.5 Å². The summed E-state index contributed by atoms with van der Waals surface area (Å²) in [4.78, 5) is 6.92. The van der Waals surface area contributed by atoms with Crippen LogP contribution in [0.3, 0.4) is 0 Å². The van der Waals surface area contributed by atoms with Crippen LogP contribution in [0.2, 0.25) is 0 Å². The third kappa shape index (κ3) is 4.44. The predicted molar refractivity (Wildman–Crippen MR) is 104 cm³/mol. The predicted octanol–water partition coefficient (Wildman–Crippen LogP) is 4.77. The molecule has 1 atom stereocenters. The molecule has 0 radical (unpaired) electrons. The van der Waals surface area contributed by atoms with Crippen LogP contribution in [0.4, 0.5) is 28.9 Å². The highest BCUT2D eigenvalue weighted by atomic mass is 32.2. The number of benzene rings is 1. The molecule has 0 saturated heterocycles. The lowest BCUT2D eigenvalue weighted by molar-refractivity contribution is 0.411. The van der Waals surface area contributed by atoms with E-state index >= 15 is 0 Å². The van der Waals surface area contributed by atoms with Crippen molar-refractivity contribution in [2.24, 2.45) is 10.1 Å². The van der Waals surface area contributed by atoms with Crippen LogP contribution < -0.4 is 10.7 Å². The number of aromatic nitrogens is 1. The van der Waals surface area contributed by atoms with E-state index < -0.39 is 29.2 Å². The second-order valence-electron chi connectivity index (χ2n) is 6.00. The van der Waals surface area contributed by atoms with Crippen molar-refractivity contribution < 1.29 is 17.6 Å². The molecule has 2 heterocycles. The van der Waals surface area contributed by atoms with Gasteiger partial charge in [0.05, 0.1) is 12.3 Å². The van der Waals surface area contributed by atoms with E-state index in [1.165, 1.54) is 0 Å². The van der Waals surface area contributed by atoms with Crippen molar-refractivity contribution in [2.75, 3.05) is 17.3 Å². The zero-order chi connectivity index (χ0) is 20.3.